The van der Waals surface area contributed by atoms with Crippen LogP contribution >= 0.6 is 11.3 Å². The van der Waals surface area contributed by atoms with Crippen molar-refractivity contribution in [1.82, 2.24) is 4.57 Å². The van der Waals surface area contributed by atoms with Crippen molar-refractivity contribution in [2.24, 2.45) is 4.99 Å². The predicted octanol–water partition coefficient (Wildman–Crippen LogP) is 2.34. The lowest BCUT2D eigenvalue weighted by Gasteiger charge is -2.02. The first-order chi connectivity index (χ1) is 8.65. The van der Waals surface area contributed by atoms with Gasteiger partial charge in [0.1, 0.15) is 5.75 Å². The number of hydrogen-bond acceptors (Lipinski definition) is 3. The Morgan fingerprint density at radius 1 is 1.61 bits per heavy atom. The monoisotopic (exact) mass is 262 g/mol. The third kappa shape index (κ3) is 2.36. The number of ether oxygens (including phenoxy) is 1. The second-order valence-electron chi connectivity index (χ2n) is 3.75. The third-order valence-electron chi connectivity index (χ3n) is 2.45. The number of rotatable bonds is 3. The Bertz CT molecular complexity index is 667. The Morgan fingerprint density at radius 2 is 2.39 bits per heavy atom. The standard InChI is InChI=1S/C13H14N2O2S/c1-4-7-15-11-6-5-10(17-3)8-12(11)18-13(15)14-9(2)16/h4-6,8H,1,7H2,2-3H3. The molecule has 4 nitrogen and oxygen atoms in total. The Labute approximate surface area is 109 Å². The molecule has 0 aliphatic rings. The van der Waals surface area contributed by atoms with Crippen LogP contribution < -0.4 is 9.54 Å². The summed E-state index contributed by atoms with van der Waals surface area (Å²) in [7, 11) is 1.63. The molecule has 1 aromatic heterocycles. The zero-order valence-corrected chi connectivity index (χ0v) is 11.2. The minimum Gasteiger partial charge on any atom is -0.497 e. The smallest absolute Gasteiger partial charge is 0.245 e. The maximum Gasteiger partial charge on any atom is 0.245 e. The van der Waals surface area contributed by atoms with Crippen LogP contribution in [-0.4, -0.2) is 17.6 Å². The summed E-state index contributed by atoms with van der Waals surface area (Å²) in [4.78, 5) is 15.9. The molecule has 0 atom stereocenters. The van der Waals surface area contributed by atoms with Crippen LogP contribution in [0.3, 0.4) is 0 Å². The van der Waals surface area contributed by atoms with Gasteiger partial charge in [-0.3, -0.25) is 4.79 Å². The average Bonchev–Trinajstić information content (AvgIpc) is 2.66. The van der Waals surface area contributed by atoms with Crippen LogP contribution in [0.2, 0.25) is 0 Å². The normalized spacial score (nSPS) is 11.8. The molecule has 0 bridgehead atoms. The summed E-state index contributed by atoms with van der Waals surface area (Å²) >= 11 is 1.47. The van der Waals surface area contributed by atoms with Crippen LogP contribution in [0, 0.1) is 0 Å². The SMILES string of the molecule is C=CCn1c(=NC(C)=O)sc2cc(OC)ccc21. The summed E-state index contributed by atoms with van der Waals surface area (Å²) in [5, 5.41) is 0. The summed E-state index contributed by atoms with van der Waals surface area (Å²) in [6.45, 7) is 5.80. The lowest BCUT2D eigenvalue weighted by molar-refractivity contribution is -0.116. The maximum atomic E-state index is 11.1. The lowest BCUT2D eigenvalue weighted by Crippen LogP contribution is -2.15. The van der Waals surface area contributed by atoms with Gasteiger partial charge >= 0.3 is 0 Å². The van der Waals surface area contributed by atoms with E-state index in [0.717, 1.165) is 16.0 Å². The largest absolute Gasteiger partial charge is 0.497 e. The summed E-state index contributed by atoms with van der Waals surface area (Å²) in [6.07, 6.45) is 1.79. The number of hydrogen-bond donors (Lipinski definition) is 0. The molecule has 1 amide bonds. The number of allylic oxidation sites excluding steroid dienone is 1. The van der Waals surface area contributed by atoms with E-state index in [4.69, 9.17) is 4.74 Å². The van der Waals surface area contributed by atoms with Gasteiger partial charge in [-0.1, -0.05) is 17.4 Å². The Kier molecular flexibility index (Phi) is 3.62. The van der Waals surface area contributed by atoms with E-state index in [1.54, 1.807) is 13.2 Å². The molecule has 0 aliphatic heterocycles. The first-order valence-corrected chi connectivity index (χ1v) is 6.31. The van der Waals surface area contributed by atoms with Crippen LogP contribution in [0.25, 0.3) is 10.2 Å². The number of benzene rings is 1. The molecule has 5 heteroatoms. The summed E-state index contributed by atoms with van der Waals surface area (Å²) in [5.74, 6) is 0.593. The molecule has 94 valence electrons. The molecule has 0 unspecified atom stereocenters. The van der Waals surface area contributed by atoms with Crippen molar-refractivity contribution in [3.63, 3.8) is 0 Å². The van der Waals surface area contributed by atoms with E-state index < -0.39 is 0 Å². The maximum absolute atomic E-state index is 11.1. The second kappa shape index (κ2) is 5.18. The average molecular weight is 262 g/mol. The van der Waals surface area contributed by atoms with E-state index in [1.807, 2.05) is 22.8 Å². The molecule has 2 rings (SSSR count). The van der Waals surface area contributed by atoms with Gasteiger partial charge < -0.3 is 9.30 Å². The number of methoxy groups -OCH3 is 1. The van der Waals surface area contributed by atoms with Crippen LogP contribution in [-0.2, 0) is 11.3 Å². The number of amides is 1. The highest BCUT2D eigenvalue weighted by atomic mass is 32.1. The van der Waals surface area contributed by atoms with Gasteiger partial charge in [0.2, 0.25) is 5.91 Å². The van der Waals surface area contributed by atoms with E-state index in [1.165, 1.54) is 18.3 Å². The molecule has 1 aromatic carbocycles. The molecule has 0 saturated carbocycles. The van der Waals surface area contributed by atoms with E-state index in [-0.39, 0.29) is 5.91 Å². The third-order valence-corrected chi connectivity index (χ3v) is 3.50. The minimum absolute atomic E-state index is 0.202. The fourth-order valence-corrected chi connectivity index (χ4v) is 2.82. The lowest BCUT2D eigenvalue weighted by atomic mass is 10.3. The first kappa shape index (κ1) is 12.6. The number of carbonyl (C=O) groups excluding carboxylic acids is 1. The van der Waals surface area contributed by atoms with Crippen molar-refractivity contribution in [3.8, 4) is 5.75 Å². The molecule has 0 saturated heterocycles. The highest BCUT2D eigenvalue weighted by Crippen LogP contribution is 2.23. The molecule has 0 aliphatic carbocycles. The quantitative estimate of drug-likeness (QED) is 0.797. The van der Waals surface area contributed by atoms with Crippen molar-refractivity contribution >= 4 is 27.5 Å². The molecular weight excluding hydrogens is 248 g/mol. The van der Waals surface area contributed by atoms with Crippen molar-refractivity contribution < 1.29 is 9.53 Å². The van der Waals surface area contributed by atoms with Crippen LogP contribution in [0.15, 0.2) is 35.8 Å². The predicted molar refractivity (Wildman–Crippen MR) is 72.8 cm³/mol. The molecule has 0 radical (unpaired) electrons. The Hall–Kier alpha value is -1.88. The number of carbonyl (C=O) groups is 1. The summed E-state index contributed by atoms with van der Waals surface area (Å²) in [6, 6.07) is 5.80. The topological polar surface area (TPSA) is 43.6 Å². The van der Waals surface area contributed by atoms with Crippen LogP contribution in [0.5, 0.6) is 5.75 Å². The summed E-state index contributed by atoms with van der Waals surface area (Å²) < 4.78 is 8.20. The van der Waals surface area contributed by atoms with Gasteiger partial charge in [-0.15, -0.1) is 6.58 Å². The highest BCUT2D eigenvalue weighted by molar-refractivity contribution is 7.16. The fraction of sp³-hybridized carbons (Fsp3) is 0.231. The van der Waals surface area contributed by atoms with Gasteiger partial charge in [0, 0.05) is 13.5 Å². The Balaban J connectivity index is 2.73. The van der Waals surface area contributed by atoms with Gasteiger partial charge in [-0.05, 0) is 18.2 Å². The van der Waals surface area contributed by atoms with Gasteiger partial charge in [0.25, 0.3) is 0 Å². The fourth-order valence-electron chi connectivity index (χ4n) is 1.71. The molecule has 2 aromatic rings. The molecule has 1 heterocycles. The van der Waals surface area contributed by atoms with Gasteiger partial charge in [-0.2, -0.15) is 4.99 Å². The van der Waals surface area contributed by atoms with E-state index in [0.29, 0.717) is 11.3 Å². The highest BCUT2D eigenvalue weighted by Gasteiger charge is 2.06. The molecule has 0 N–H and O–H groups in total. The van der Waals surface area contributed by atoms with Crippen molar-refractivity contribution in [1.29, 1.82) is 0 Å². The van der Waals surface area contributed by atoms with Gasteiger partial charge in [-0.25, -0.2) is 0 Å². The second-order valence-corrected chi connectivity index (χ2v) is 4.76. The Morgan fingerprint density at radius 3 is 3.00 bits per heavy atom. The number of thiazole rings is 1. The zero-order valence-electron chi connectivity index (χ0n) is 10.3. The number of nitrogens with zero attached hydrogens (tertiary/aromatic N) is 2. The number of fused-ring (bicyclic) bond motifs is 1. The van der Waals surface area contributed by atoms with Gasteiger partial charge in [0.15, 0.2) is 4.80 Å². The first-order valence-electron chi connectivity index (χ1n) is 5.49. The molecule has 0 fully saturated rings. The van der Waals surface area contributed by atoms with Crippen molar-refractivity contribution in [2.75, 3.05) is 7.11 Å². The molecule has 18 heavy (non-hydrogen) atoms. The van der Waals surface area contributed by atoms with E-state index in [2.05, 4.69) is 11.6 Å². The minimum atomic E-state index is -0.202. The van der Waals surface area contributed by atoms with E-state index in [9.17, 15) is 4.79 Å². The van der Waals surface area contributed by atoms with Crippen molar-refractivity contribution in [3.05, 3.63) is 35.7 Å². The summed E-state index contributed by atoms with van der Waals surface area (Å²) in [5.41, 5.74) is 1.03. The molecular formula is C13H14N2O2S. The van der Waals surface area contributed by atoms with Gasteiger partial charge in [0.05, 0.1) is 17.3 Å². The van der Waals surface area contributed by atoms with Crippen LogP contribution in [0.4, 0.5) is 0 Å². The van der Waals surface area contributed by atoms with Crippen LogP contribution in [0.1, 0.15) is 6.92 Å². The molecule has 0 spiro atoms. The zero-order chi connectivity index (χ0) is 13.1. The van der Waals surface area contributed by atoms with Crippen molar-refractivity contribution in [2.45, 2.75) is 13.5 Å². The van der Waals surface area contributed by atoms with E-state index >= 15 is 0 Å². The number of aromatic nitrogens is 1.